The number of nitrogens with one attached hydrogen (secondary N) is 1. The van der Waals surface area contributed by atoms with Gasteiger partial charge in [0.15, 0.2) is 15.7 Å². The van der Waals surface area contributed by atoms with Crippen LogP contribution in [0, 0.1) is 25.2 Å². The van der Waals surface area contributed by atoms with E-state index in [2.05, 4.69) is 21.6 Å². The molecule has 1 heterocycles. The Morgan fingerprint density at radius 2 is 1.88 bits per heavy atom. The zero-order valence-electron chi connectivity index (χ0n) is 13.8. The number of rotatable bonds is 7. The van der Waals surface area contributed by atoms with Crippen molar-refractivity contribution < 1.29 is 8.42 Å². The fraction of sp³-hybridized carbons (Fsp3) is 0.353. The third-order valence-corrected chi connectivity index (χ3v) is 5.40. The van der Waals surface area contributed by atoms with Gasteiger partial charge in [0.05, 0.1) is 17.2 Å². The molecule has 0 saturated carbocycles. The lowest BCUT2D eigenvalue weighted by molar-refractivity contribution is 0.593. The van der Waals surface area contributed by atoms with Crippen LogP contribution in [0.4, 0.5) is 5.82 Å². The van der Waals surface area contributed by atoms with Crippen molar-refractivity contribution in [2.24, 2.45) is 0 Å². The summed E-state index contributed by atoms with van der Waals surface area (Å²) in [4.78, 5) is 0. The first-order valence-corrected chi connectivity index (χ1v) is 9.47. The van der Waals surface area contributed by atoms with Gasteiger partial charge in [0.2, 0.25) is 0 Å². The van der Waals surface area contributed by atoms with Crippen LogP contribution in [0.2, 0.25) is 0 Å². The fourth-order valence-corrected chi connectivity index (χ4v) is 3.70. The summed E-state index contributed by atoms with van der Waals surface area (Å²) in [5, 5.41) is 20.2. The van der Waals surface area contributed by atoms with Crippen LogP contribution in [0.25, 0.3) is 0 Å². The summed E-state index contributed by atoms with van der Waals surface area (Å²) in [6, 6.07) is 11.2. The van der Waals surface area contributed by atoms with Gasteiger partial charge in [-0.15, -0.1) is 5.10 Å². The van der Waals surface area contributed by atoms with E-state index in [1.807, 2.05) is 25.1 Å². The number of hydrogen-bond acceptors (Lipinski definition) is 6. The summed E-state index contributed by atoms with van der Waals surface area (Å²) in [5.41, 5.74) is 2.74. The van der Waals surface area contributed by atoms with Gasteiger partial charge in [-0.3, -0.25) is 0 Å². The molecule has 0 saturated heterocycles. The van der Waals surface area contributed by atoms with Gasteiger partial charge >= 0.3 is 0 Å². The van der Waals surface area contributed by atoms with E-state index in [0.717, 1.165) is 11.1 Å². The summed E-state index contributed by atoms with van der Waals surface area (Å²) in [5.74, 6) is 0.525. The molecule has 0 bridgehead atoms. The zero-order chi connectivity index (χ0) is 17.6. The predicted molar refractivity (Wildman–Crippen MR) is 93.3 cm³/mol. The second kappa shape index (κ2) is 7.88. The molecule has 0 spiro atoms. The SMILES string of the molecule is Cc1nnc(NCCCS(=O)(=O)Cc2ccccc2)c(C#N)c1C. The van der Waals surface area contributed by atoms with Crippen molar-refractivity contribution in [3.63, 3.8) is 0 Å². The molecule has 0 radical (unpaired) electrons. The first kappa shape index (κ1) is 17.9. The number of nitrogens with zero attached hydrogens (tertiary/aromatic N) is 3. The molecule has 126 valence electrons. The molecular formula is C17H20N4O2S. The Balaban J connectivity index is 1.89. The van der Waals surface area contributed by atoms with Crippen molar-refractivity contribution in [3.05, 3.63) is 52.7 Å². The van der Waals surface area contributed by atoms with Gasteiger partial charge in [-0.25, -0.2) is 8.42 Å². The minimum atomic E-state index is -3.16. The standard InChI is InChI=1S/C17H20N4O2S/c1-13-14(2)20-21-17(16(13)11-18)19-9-6-10-24(22,23)12-15-7-4-3-5-8-15/h3-5,7-8H,6,9-10,12H2,1-2H3,(H,19,21). The van der Waals surface area contributed by atoms with Crippen molar-refractivity contribution in [2.45, 2.75) is 26.0 Å². The first-order valence-electron chi connectivity index (χ1n) is 7.65. The first-order chi connectivity index (χ1) is 11.4. The number of benzene rings is 1. The van der Waals surface area contributed by atoms with Crippen LogP contribution in [0.15, 0.2) is 30.3 Å². The molecule has 0 aliphatic carbocycles. The molecule has 1 aromatic carbocycles. The summed E-state index contributed by atoms with van der Waals surface area (Å²) >= 11 is 0. The van der Waals surface area contributed by atoms with E-state index in [0.29, 0.717) is 30.0 Å². The van der Waals surface area contributed by atoms with Gasteiger partial charge in [-0.1, -0.05) is 30.3 Å². The van der Waals surface area contributed by atoms with E-state index >= 15 is 0 Å². The van der Waals surface area contributed by atoms with Gasteiger partial charge < -0.3 is 5.32 Å². The highest BCUT2D eigenvalue weighted by Crippen LogP contribution is 2.17. The summed E-state index contributed by atoms with van der Waals surface area (Å²) in [6.45, 7) is 4.03. The van der Waals surface area contributed by atoms with Crippen molar-refractivity contribution in [2.75, 3.05) is 17.6 Å². The van der Waals surface area contributed by atoms with E-state index in [1.165, 1.54) is 0 Å². The molecule has 2 rings (SSSR count). The molecule has 1 aromatic heterocycles. The largest absolute Gasteiger partial charge is 0.367 e. The smallest absolute Gasteiger partial charge is 0.166 e. The monoisotopic (exact) mass is 344 g/mol. The molecule has 0 unspecified atom stereocenters. The number of anilines is 1. The Labute approximate surface area is 142 Å². The molecule has 1 N–H and O–H groups in total. The van der Waals surface area contributed by atoms with Crippen molar-refractivity contribution in [1.82, 2.24) is 10.2 Å². The molecule has 0 aliphatic heterocycles. The minimum Gasteiger partial charge on any atom is -0.367 e. The van der Waals surface area contributed by atoms with E-state index in [-0.39, 0.29) is 11.5 Å². The maximum Gasteiger partial charge on any atom is 0.166 e. The van der Waals surface area contributed by atoms with Crippen molar-refractivity contribution in [1.29, 1.82) is 5.26 Å². The molecule has 24 heavy (non-hydrogen) atoms. The van der Waals surface area contributed by atoms with Crippen molar-refractivity contribution >= 4 is 15.7 Å². The average molecular weight is 344 g/mol. The highest BCUT2D eigenvalue weighted by molar-refractivity contribution is 7.90. The lowest BCUT2D eigenvalue weighted by Gasteiger charge is -2.09. The molecule has 0 fully saturated rings. The molecule has 2 aromatic rings. The third-order valence-electron chi connectivity index (χ3n) is 3.72. The Bertz CT molecular complexity index is 843. The number of sulfone groups is 1. The summed E-state index contributed by atoms with van der Waals surface area (Å²) in [6.07, 6.45) is 0.439. The molecule has 6 nitrogen and oxygen atoms in total. The fourth-order valence-electron chi connectivity index (χ4n) is 2.27. The van der Waals surface area contributed by atoms with Crippen LogP contribution in [-0.2, 0) is 15.6 Å². The van der Waals surface area contributed by atoms with Crippen LogP contribution in [0.5, 0.6) is 0 Å². The van der Waals surface area contributed by atoms with E-state index in [4.69, 9.17) is 0 Å². The summed E-state index contributed by atoms with van der Waals surface area (Å²) in [7, 11) is -3.16. The highest BCUT2D eigenvalue weighted by Gasteiger charge is 2.13. The normalized spacial score (nSPS) is 11.0. The Kier molecular flexibility index (Phi) is 5.88. The Morgan fingerprint density at radius 1 is 1.17 bits per heavy atom. The van der Waals surface area contributed by atoms with Crippen LogP contribution in [-0.4, -0.2) is 30.9 Å². The van der Waals surface area contributed by atoms with Gasteiger partial charge in [0.25, 0.3) is 0 Å². The second-order valence-corrected chi connectivity index (χ2v) is 7.79. The zero-order valence-corrected chi connectivity index (χ0v) is 14.6. The lowest BCUT2D eigenvalue weighted by Crippen LogP contribution is -2.15. The van der Waals surface area contributed by atoms with Crippen molar-refractivity contribution in [3.8, 4) is 6.07 Å². The lowest BCUT2D eigenvalue weighted by atomic mass is 10.1. The maximum absolute atomic E-state index is 12.1. The number of aromatic nitrogens is 2. The maximum atomic E-state index is 12.1. The van der Waals surface area contributed by atoms with Gasteiger partial charge in [0.1, 0.15) is 11.6 Å². The van der Waals surface area contributed by atoms with Crippen LogP contribution in [0.3, 0.4) is 0 Å². The van der Waals surface area contributed by atoms with Gasteiger partial charge in [0, 0.05) is 6.54 Å². The minimum absolute atomic E-state index is 0.0424. The molecule has 0 amide bonds. The number of hydrogen-bond donors (Lipinski definition) is 1. The molecular weight excluding hydrogens is 324 g/mol. The number of aryl methyl sites for hydroxylation is 1. The predicted octanol–water partition coefficient (Wildman–Crippen LogP) is 2.38. The number of nitriles is 1. The van der Waals surface area contributed by atoms with Crippen LogP contribution < -0.4 is 5.32 Å². The summed E-state index contributed by atoms with van der Waals surface area (Å²) < 4.78 is 24.3. The van der Waals surface area contributed by atoms with E-state index < -0.39 is 9.84 Å². The Hall–Kier alpha value is -2.46. The topological polar surface area (TPSA) is 95.7 Å². The van der Waals surface area contributed by atoms with E-state index in [9.17, 15) is 13.7 Å². The highest BCUT2D eigenvalue weighted by atomic mass is 32.2. The second-order valence-electron chi connectivity index (χ2n) is 5.60. The van der Waals surface area contributed by atoms with Gasteiger partial charge in [-0.2, -0.15) is 10.4 Å². The third kappa shape index (κ3) is 4.77. The molecule has 7 heteroatoms. The van der Waals surface area contributed by atoms with Crippen LogP contribution in [0.1, 0.15) is 28.8 Å². The quantitative estimate of drug-likeness (QED) is 0.775. The molecule has 0 aliphatic rings. The molecule has 0 atom stereocenters. The average Bonchev–Trinajstić information content (AvgIpc) is 2.55. The van der Waals surface area contributed by atoms with Crippen LogP contribution >= 0.6 is 0 Å². The Morgan fingerprint density at radius 3 is 2.54 bits per heavy atom. The van der Waals surface area contributed by atoms with E-state index in [1.54, 1.807) is 19.1 Å². The van der Waals surface area contributed by atoms with Gasteiger partial charge in [-0.05, 0) is 31.4 Å².